The standard InChI is InChI=1S/C17H20N2O3S/c1-13-6-3-4-8-15(13)11-18-17(20)19-16-9-5-7-14(10-16)12-23(2,21)22/h3-10H,11-12H2,1-2H3,(H2,18,19,20). The number of rotatable bonds is 5. The summed E-state index contributed by atoms with van der Waals surface area (Å²) in [5.74, 6) is -0.0483. The first-order chi connectivity index (χ1) is 10.8. The maximum atomic E-state index is 12.0. The van der Waals surface area contributed by atoms with Crippen molar-refractivity contribution < 1.29 is 13.2 Å². The molecule has 5 nitrogen and oxygen atoms in total. The quantitative estimate of drug-likeness (QED) is 0.884. The maximum Gasteiger partial charge on any atom is 0.319 e. The van der Waals surface area contributed by atoms with E-state index in [9.17, 15) is 13.2 Å². The van der Waals surface area contributed by atoms with Crippen LogP contribution in [0.2, 0.25) is 0 Å². The summed E-state index contributed by atoms with van der Waals surface area (Å²) in [7, 11) is -3.10. The average molecular weight is 332 g/mol. The highest BCUT2D eigenvalue weighted by atomic mass is 32.2. The fourth-order valence-corrected chi connectivity index (χ4v) is 2.99. The SMILES string of the molecule is Cc1ccccc1CNC(=O)Nc1cccc(CS(C)(=O)=O)c1. The van der Waals surface area contributed by atoms with Crippen molar-refractivity contribution in [3.63, 3.8) is 0 Å². The Morgan fingerprint density at radius 2 is 1.83 bits per heavy atom. The minimum absolute atomic E-state index is 0.0483. The molecule has 2 amide bonds. The number of sulfone groups is 1. The zero-order valence-electron chi connectivity index (χ0n) is 13.2. The van der Waals surface area contributed by atoms with Gasteiger partial charge in [-0.15, -0.1) is 0 Å². The van der Waals surface area contributed by atoms with Crippen molar-refractivity contribution in [2.24, 2.45) is 0 Å². The van der Waals surface area contributed by atoms with Crippen LogP contribution in [-0.4, -0.2) is 20.7 Å². The van der Waals surface area contributed by atoms with Gasteiger partial charge in [-0.05, 0) is 35.7 Å². The third kappa shape index (κ3) is 5.75. The molecule has 0 aliphatic carbocycles. The Bertz CT molecular complexity index is 801. The molecule has 2 aromatic carbocycles. The fraction of sp³-hybridized carbons (Fsp3) is 0.235. The van der Waals surface area contributed by atoms with E-state index < -0.39 is 9.84 Å². The first-order valence-electron chi connectivity index (χ1n) is 7.19. The summed E-state index contributed by atoms with van der Waals surface area (Å²) in [6.45, 7) is 2.42. The van der Waals surface area contributed by atoms with Gasteiger partial charge < -0.3 is 10.6 Å². The van der Waals surface area contributed by atoms with Crippen LogP contribution < -0.4 is 10.6 Å². The number of carbonyl (C=O) groups is 1. The Morgan fingerprint density at radius 3 is 2.52 bits per heavy atom. The Labute approximate surface area is 136 Å². The van der Waals surface area contributed by atoms with Gasteiger partial charge in [-0.3, -0.25) is 0 Å². The summed E-state index contributed by atoms with van der Waals surface area (Å²) in [6.07, 6.45) is 1.18. The van der Waals surface area contributed by atoms with Crippen LogP contribution >= 0.6 is 0 Å². The fourth-order valence-electron chi connectivity index (χ4n) is 2.20. The van der Waals surface area contributed by atoms with Gasteiger partial charge in [0.25, 0.3) is 0 Å². The van der Waals surface area contributed by atoms with Gasteiger partial charge >= 0.3 is 6.03 Å². The number of carbonyl (C=O) groups excluding carboxylic acids is 1. The van der Waals surface area contributed by atoms with E-state index in [1.165, 1.54) is 6.26 Å². The monoisotopic (exact) mass is 332 g/mol. The van der Waals surface area contributed by atoms with Gasteiger partial charge in [0.1, 0.15) is 0 Å². The van der Waals surface area contributed by atoms with Crippen molar-refractivity contribution in [3.8, 4) is 0 Å². The van der Waals surface area contributed by atoms with Crippen LogP contribution in [0.5, 0.6) is 0 Å². The largest absolute Gasteiger partial charge is 0.334 e. The molecule has 2 rings (SSSR count). The normalized spacial score (nSPS) is 11.0. The summed E-state index contributed by atoms with van der Waals surface area (Å²) in [5.41, 5.74) is 3.37. The maximum absolute atomic E-state index is 12.0. The predicted octanol–water partition coefficient (Wildman–Crippen LogP) is 2.86. The molecule has 0 spiro atoms. The van der Waals surface area contributed by atoms with Gasteiger partial charge in [0.2, 0.25) is 0 Å². The highest BCUT2D eigenvalue weighted by Crippen LogP contribution is 2.13. The van der Waals surface area contributed by atoms with Gasteiger partial charge in [-0.25, -0.2) is 13.2 Å². The lowest BCUT2D eigenvalue weighted by Crippen LogP contribution is -2.28. The number of benzene rings is 2. The van der Waals surface area contributed by atoms with Crippen molar-refractivity contribution in [1.29, 1.82) is 0 Å². The number of anilines is 1. The van der Waals surface area contributed by atoms with Crippen LogP contribution in [0.1, 0.15) is 16.7 Å². The van der Waals surface area contributed by atoms with Crippen LogP contribution in [0, 0.1) is 6.92 Å². The third-order valence-electron chi connectivity index (χ3n) is 3.31. The first-order valence-corrected chi connectivity index (χ1v) is 9.25. The highest BCUT2D eigenvalue weighted by Gasteiger charge is 2.07. The van der Waals surface area contributed by atoms with Crippen LogP contribution in [-0.2, 0) is 22.1 Å². The lowest BCUT2D eigenvalue weighted by molar-refractivity contribution is 0.251. The summed E-state index contributed by atoms with van der Waals surface area (Å²) >= 11 is 0. The molecule has 2 aromatic rings. The minimum atomic E-state index is -3.10. The summed E-state index contributed by atoms with van der Waals surface area (Å²) in [6, 6.07) is 14.3. The van der Waals surface area contributed by atoms with E-state index in [4.69, 9.17) is 0 Å². The summed E-state index contributed by atoms with van der Waals surface area (Å²) < 4.78 is 22.7. The Hall–Kier alpha value is -2.34. The zero-order chi connectivity index (χ0) is 16.9. The molecule has 0 unspecified atom stereocenters. The molecule has 0 aromatic heterocycles. The molecule has 0 saturated heterocycles. The topological polar surface area (TPSA) is 75.3 Å². The summed E-state index contributed by atoms with van der Waals surface area (Å²) in [4.78, 5) is 12.0. The van der Waals surface area contributed by atoms with Gasteiger partial charge in [0, 0.05) is 18.5 Å². The molecule has 0 aliphatic heterocycles. The molecule has 2 N–H and O–H groups in total. The Morgan fingerprint density at radius 1 is 1.09 bits per heavy atom. The molecule has 0 saturated carbocycles. The second kappa shape index (κ2) is 7.28. The first kappa shape index (κ1) is 17.0. The van der Waals surface area contributed by atoms with Crippen molar-refractivity contribution in [2.75, 3.05) is 11.6 Å². The lowest BCUT2D eigenvalue weighted by Gasteiger charge is -2.10. The number of amides is 2. The van der Waals surface area contributed by atoms with E-state index in [2.05, 4.69) is 10.6 Å². The molecule has 0 aliphatic rings. The zero-order valence-corrected chi connectivity index (χ0v) is 14.0. The molecule has 0 atom stereocenters. The molecular formula is C17H20N2O3S. The number of urea groups is 1. The lowest BCUT2D eigenvalue weighted by atomic mass is 10.1. The molecule has 23 heavy (non-hydrogen) atoms. The van der Waals surface area contributed by atoms with Crippen molar-refractivity contribution in [1.82, 2.24) is 5.32 Å². The number of hydrogen-bond acceptors (Lipinski definition) is 3. The minimum Gasteiger partial charge on any atom is -0.334 e. The van der Waals surface area contributed by atoms with Crippen LogP contribution in [0.25, 0.3) is 0 Å². The third-order valence-corrected chi connectivity index (χ3v) is 4.17. The predicted molar refractivity (Wildman–Crippen MR) is 92.0 cm³/mol. The highest BCUT2D eigenvalue weighted by molar-refractivity contribution is 7.89. The van der Waals surface area contributed by atoms with Crippen LogP contribution in [0.3, 0.4) is 0 Å². The van der Waals surface area contributed by atoms with Crippen molar-refractivity contribution >= 4 is 21.6 Å². The summed E-state index contributed by atoms with van der Waals surface area (Å²) in [5, 5.41) is 5.50. The molecule has 0 heterocycles. The van der Waals surface area contributed by atoms with Gasteiger partial charge in [-0.1, -0.05) is 36.4 Å². The van der Waals surface area contributed by atoms with Gasteiger partial charge in [-0.2, -0.15) is 0 Å². The van der Waals surface area contributed by atoms with E-state index in [0.717, 1.165) is 11.1 Å². The van der Waals surface area contributed by atoms with E-state index >= 15 is 0 Å². The molecule has 0 radical (unpaired) electrons. The number of aryl methyl sites for hydroxylation is 1. The molecular weight excluding hydrogens is 312 g/mol. The smallest absolute Gasteiger partial charge is 0.319 e. The molecule has 122 valence electrons. The van der Waals surface area contributed by atoms with Crippen molar-refractivity contribution in [2.45, 2.75) is 19.2 Å². The molecule has 0 bridgehead atoms. The van der Waals surface area contributed by atoms with E-state index in [-0.39, 0.29) is 11.8 Å². The molecule has 0 fully saturated rings. The Kier molecular flexibility index (Phi) is 5.39. The van der Waals surface area contributed by atoms with E-state index in [1.54, 1.807) is 24.3 Å². The molecule has 6 heteroatoms. The average Bonchev–Trinajstić information content (AvgIpc) is 2.45. The number of hydrogen-bond donors (Lipinski definition) is 2. The second-order valence-electron chi connectivity index (χ2n) is 5.50. The van der Waals surface area contributed by atoms with Crippen LogP contribution in [0.4, 0.5) is 10.5 Å². The van der Waals surface area contributed by atoms with Gasteiger partial charge in [0.15, 0.2) is 9.84 Å². The number of nitrogens with one attached hydrogen (secondary N) is 2. The Balaban J connectivity index is 1.95. The second-order valence-corrected chi connectivity index (χ2v) is 7.64. The van der Waals surface area contributed by atoms with E-state index in [0.29, 0.717) is 17.8 Å². The van der Waals surface area contributed by atoms with Crippen molar-refractivity contribution in [3.05, 3.63) is 65.2 Å². The van der Waals surface area contributed by atoms with Gasteiger partial charge in [0.05, 0.1) is 5.75 Å². The van der Waals surface area contributed by atoms with Crippen LogP contribution in [0.15, 0.2) is 48.5 Å². The van der Waals surface area contributed by atoms with E-state index in [1.807, 2.05) is 31.2 Å².